The third-order valence-corrected chi connectivity index (χ3v) is 4.99. The lowest BCUT2D eigenvalue weighted by atomic mass is 9.80. The highest BCUT2D eigenvalue weighted by Crippen LogP contribution is 2.29. The van der Waals surface area contributed by atoms with Crippen LogP contribution in [0.4, 0.5) is 0 Å². The van der Waals surface area contributed by atoms with Crippen LogP contribution in [0.2, 0.25) is 0 Å². The zero-order valence-electron chi connectivity index (χ0n) is 14.2. The fraction of sp³-hybridized carbons (Fsp3) is 1.00. The lowest BCUT2D eigenvalue weighted by molar-refractivity contribution is 0.0588. The molecule has 1 aliphatic rings. The highest BCUT2D eigenvalue weighted by atomic mass is 16.5. The molecular weight excluding hydrogens is 248 g/mol. The first-order chi connectivity index (χ1) is 9.69. The van der Waals surface area contributed by atoms with Crippen LogP contribution in [0.15, 0.2) is 0 Å². The topological polar surface area (TPSA) is 24.5 Å². The molecule has 0 radical (unpaired) electrons. The van der Waals surface area contributed by atoms with E-state index in [2.05, 4.69) is 31.0 Å². The summed E-state index contributed by atoms with van der Waals surface area (Å²) in [5.74, 6) is 0.740. The lowest BCUT2D eigenvalue weighted by Crippen LogP contribution is -2.47. The fourth-order valence-corrected chi connectivity index (χ4v) is 3.45. The molecule has 1 atom stereocenters. The monoisotopic (exact) mass is 284 g/mol. The Bertz CT molecular complexity index is 239. The molecule has 120 valence electrons. The number of hydrogen-bond donors (Lipinski definition) is 1. The summed E-state index contributed by atoms with van der Waals surface area (Å²) in [5, 5.41) is 3.65. The summed E-state index contributed by atoms with van der Waals surface area (Å²) in [6.45, 7) is 13.9. The molecule has 0 aromatic rings. The molecule has 1 saturated heterocycles. The van der Waals surface area contributed by atoms with Crippen LogP contribution in [-0.4, -0.2) is 51.3 Å². The van der Waals surface area contributed by atoms with Crippen molar-refractivity contribution >= 4 is 0 Å². The van der Waals surface area contributed by atoms with Crippen LogP contribution in [-0.2, 0) is 4.74 Å². The first-order valence-electron chi connectivity index (χ1n) is 8.61. The minimum absolute atomic E-state index is 0.449. The van der Waals surface area contributed by atoms with Crippen molar-refractivity contribution in [1.82, 2.24) is 10.2 Å². The largest absolute Gasteiger partial charge is 0.384 e. The second-order valence-corrected chi connectivity index (χ2v) is 6.58. The number of nitrogens with one attached hydrogen (secondary N) is 1. The predicted octanol–water partition coefficient (Wildman–Crippen LogP) is 3.15. The Hall–Kier alpha value is -0.120. The van der Waals surface area contributed by atoms with Crippen LogP contribution in [0.1, 0.15) is 52.9 Å². The first-order valence-corrected chi connectivity index (χ1v) is 8.61. The second-order valence-electron chi connectivity index (χ2n) is 6.58. The molecule has 0 amide bonds. The molecule has 3 heteroatoms. The van der Waals surface area contributed by atoms with Crippen LogP contribution in [0.5, 0.6) is 0 Å². The van der Waals surface area contributed by atoms with E-state index in [0.29, 0.717) is 5.41 Å². The summed E-state index contributed by atoms with van der Waals surface area (Å²) in [5.41, 5.74) is 0.449. The van der Waals surface area contributed by atoms with Crippen molar-refractivity contribution in [2.75, 3.05) is 46.4 Å². The highest BCUT2D eigenvalue weighted by Gasteiger charge is 2.30. The van der Waals surface area contributed by atoms with Gasteiger partial charge in [-0.15, -0.1) is 0 Å². The Morgan fingerprint density at radius 3 is 2.60 bits per heavy atom. The molecule has 0 spiro atoms. The van der Waals surface area contributed by atoms with Crippen molar-refractivity contribution < 1.29 is 4.74 Å². The molecule has 1 heterocycles. The number of likely N-dealkylation sites (tertiary alicyclic amines) is 1. The second kappa shape index (κ2) is 9.75. The Morgan fingerprint density at radius 1 is 1.25 bits per heavy atom. The fourth-order valence-electron chi connectivity index (χ4n) is 3.45. The van der Waals surface area contributed by atoms with E-state index >= 15 is 0 Å². The average Bonchev–Trinajstić information content (AvgIpc) is 2.47. The molecule has 0 aliphatic carbocycles. The van der Waals surface area contributed by atoms with Crippen molar-refractivity contribution in [3.8, 4) is 0 Å². The van der Waals surface area contributed by atoms with E-state index in [-0.39, 0.29) is 0 Å². The summed E-state index contributed by atoms with van der Waals surface area (Å²) in [4.78, 5) is 2.69. The number of rotatable bonds is 10. The van der Waals surface area contributed by atoms with E-state index in [1.54, 1.807) is 0 Å². The normalized spacial score (nSPS) is 21.3. The summed E-state index contributed by atoms with van der Waals surface area (Å²) < 4.78 is 5.35. The molecule has 0 aromatic carbocycles. The molecule has 1 unspecified atom stereocenters. The van der Waals surface area contributed by atoms with Crippen LogP contribution in [0, 0.1) is 11.3 Å². The van der Waals surface area contributed by atoms with Gasteiger partial charge in [-0.2, -0.15) is 0 Å². The van der Waals surface area contributed by atoms with Gasteiger partial charge in [-0.05, 0) is 56.5 Å². The van der Waals surface area contributed by atoms with Gasteiger partial charge in [0.25, 0.3) is 0 Å². The molecular formula is C17H36N2O. The molecule has 1 aliphatic heterocycles. The summed E-state index contributed by atoms with van der Waals surface area (Å²) >= 11 is 0. The van der Waals surface area contributed by atoms with Gasteiger partial charge in [0.05, 0.1) is 6.61 Å². The van der Waals surface area contributed by atoms with Crippen molar-refractivity contribution in [1.29, 1.82) is 0 Å². The van der Waals surface area contributed by atoms with Gasteiger partial charge in [-0.25, -0.2) is 0 Å². The standard InChI is InChI=1S/C17H36N2O/c1-5-10-18-14-17(6-2,7-3)15-19-11-8-9-16(12-19)13-20-4/h16,18H,5-15H2,1-4H3. The minimum atomic E-state index is 0.449. The van der Waals surface area contributed by atoms with Gasteiger partial charge in [0.1, 0.15) is 0 Å². The summed E-state index contributed by atoms with van der Waals surface area (Å²) in [6.07, 6.45) is 6.43. The van der Waals surface area contributed by atoms with E-state index in [1.807, 2.05) is 7.11 Å². The molecule has 0 aromatic heterocycles. The van der Waals surface area contributed by atoms with E-state index < -0.39 is 0 Å². The first kappa shape index (κ1) is 17.9. The number of piperidine rings is 1. The van der Waals surface area contributed by atoms with Crippen LogP contribution in [0.25, 0.3) is 0 Å². The molecule has 0 bridgehead atoms. The van der Waals surface area contributed by atoms with Gasteiger partial charge >= 0.3 is 0 Å². The quantitative estimate of drug-likeness (QED) is 0.624. The van der Waals surface area contributed by atoms with Crippen molar-refractivity contribution in [3.63, 3.8) is 0 Å². The Kier molecular flexibility index (Phi) is 8.74. The number of nitrogens with zero attached hydrogens (tertiary/aromatic N) is 1. The van der Waals surface area contributed by atoms with Gasteiger partial charge in [-0.1, -0.05) is 20.8 Å². The van der Waals surface area contributed by atoms with Gasteiger partial charge in [0.15, 0.2) is 0 Å². The average molecular weight is 284 g/mol. The third kappa shape index (κ3) is 5.71. The smallest absolute Gasteiger partial charge is 0.0502 e. The highest BCUT2D eigenvalue weighted by molar-refractivity contribution is 4.85. The maximum atomic E-state index is 5.35. The summed E-state index contributed by atoms with van der Waals surface area (Å²) in [6, 6.07) is 0. The molecule has 0 saturated carbocycles. The Labute approximate surface area is 126 Å². The van der Waals surface area contributed by atoms with E-state index in [9.17, 15) is 0 Å². The number of methoxy groups -OCH3 is 1. The Balaban J connectivity index is 2.50. The number of ether oxygens (including phenoxy) is 1. The number of hydrogen-bond acceptors (Lipinski definition) is 3. The van der Waals surface area contributed by atoms with Gasteiger partial charge < -0.3 is 15.0 Å². The molecule has 3 nitrogen and oxygen atoms in total. The van der Waals surface area contributed by atoms with Crippen LogP contribution < -0.4 is 5.32 Å². The van der Waals surface area contributed by atoms with Crippen LogP contribution in [0.3, 0.4) is 0 Å². The maximum absolute atomic E-state index is 5.35. The third-order valence-electron chi connectivity index (χ3n) is 4.99. The van der Waals surface area contributed by atoms with Gasteiger partial charge in [-0.3, -0.25) is 0 Å². The zero-order chi connectivity index (χ0) is 14.8. The lowest BCUT2D eigenvalue weighted by Gasteiger charge is -2.41. The predicted molar refractivity (Wildman–Crippen MR) is 87.2 cm³/mol. The molecule has 1 rings (SSSR count). The van der Waals surface area contributed by atoms with Crippen molar-refractivity contribution in [3.05, 3.63) is 0 Å². The molecule has 1 fully saturated rings. The van der Waals surface area contributed by atoms with Crippen molar-refractivity contribution in [2.24, 2.45) is 11.3 Å². The maximum Gasteiger partial charge on any atom is 0.0502 e. The van der Waals surface area contributed by atoms with Crippen LogP contribution >= 0.6 is 0 Å². The van der Waals surface area contributed by atoms with Gasteiger partial charge in [0.2, 0.25) is 0 Å². The van der Waals surface area contributed by atoms with Gasteiger partial charge in [0, 0.05) is 26.7 Å². The summed E-state index contributed by atoms with van der Waals surface area (Å²) in [7, 11) is 1.83. The zero-order valence-corrected chi connectivity index (χ0v) is 14.2. The minimum Gasteiger partial charge on any atom is -0.384 e. The Morgan fingerprint density at radius 2 is 2.00 bits per heavy atom. The SMILES string of the molecule is CCCNCC(CC)(CC)CN1CCCC(COC)C1. The van der Waals surface area contributed by atoms with E-state index in [0.717, 1.165) is 19.1 Å². The van der Waals surface area contributed by atoms with E-state index in [1.165, 1.54) is 58.3 Å². The molecule has 1 N–H and O–H groups in total. The van der Waals surface area contributed by atoms with E-state index in [4.69, 9.17) is 4.74 Å². The van der Waals surface area contributed by atoms with Crippen molar-refractivity contribution in [2.45, 2.75) is 52.9 Å². The molecule has 20 heavy (non-hydrogen) atoms.